The molecule has 1 rings (SSSR count). The number of rotatable bonds is 3. The van der Waals surface area contributed by atoms with Gasteiger partial charge in [0.25, 0.3) is 0 Å². The van der Waals surface area contributed by atoms with E-state index < -0.39 is 12.1 Å². The molecule has 0 saturated heterocycles. The molecule has 0 heterocycles. The van der Waals surface area contributed by atoms with Gasteiger partial charge in [-0.05, 0) is 17.7 Å². The van der Waals surface area contributed by atoms with Crippen LogP contribution >= 0.6 is 12.1 Å². The molecular formula is C8H6F2O2S. The lowest BCUT2D eigenvalue weighted by Gasteiger charge is -2.03. The Labute approximate surface area is 77.9 Å². The fourth-order valence-corrected chi connectivity index (χ4v) is 1.17. The summed E-state index contributed by atoms with van der Waals surface area (Å²) in [6, 6.07) is 5.32. The quantitative estimate of drug-likeness (QED) is 0.822. The first-order valence-corrected chi connectivity index (χ1v) is 4.12. The number of benzene rings is 1. The highest BCUT2D eigenvalue weighted by atomic mass is 32.2. The first-order valence-electron chi connectivity index (χ1n) is 3.40. The molecule has 0 fully saturated rings. The van der Waals surface area contributed by atoms with Crippen LogP contribution in [-0.2, 0) is 4.79 Å². The van der Waals surface area contributed by atoms with E-state index in [4.69, 9.17) is 5.11 Å². The van der Waals surface area contributed by atoms with E-state index >= 15 is 0 Å². The summed E-state index contributed by atoms with van der Waals surface area (Å²) < 4.78 is 24.9. The molecule has 70 valence electrons. The van der Waals surface area contributed by atoms with Crippen LogP contribution in [0, 0.1) is 0 Å². The van der Waals surface area contributed by atoms with Gasteiger partial charge in [0.15, 0.2) is 0 Å². The standard InChI is InChI=1S/C8H6F2O2S/c9-7(8(11)12)5-2-1-3-6(4-5)13-10/h1-4,7H,(H,11,12). The van der Waals surface area contributed by atoms with Crippen molar-refractivity contribution in [3.05, 3.63) is 29.8 Å². The molecule has 0 saturated carbocycles. The van der Waals surface area contributed by atoms with Gasteiger partial charge >= 0.3 is 5.97 Å². The van der Waals surface area contributed by atoms with Crippen molar-refractivity contribution in [1.29, 1.82) is 0 Å². The van der Waals surface area contributed by atoms with Gasteiger partial charge in [-0.25, -0.2) is 9.18 Å². The minimum absolute atomic E-state index is 0.0462. The van der Waals surface area contributed by atoms with Crippen molar-refractivity contribution in [1.82, 2.24) is 0 Å². The third-order valence-corrected chi connectivity index (χ3v) is 1.89. The van der Waals surface area contributed by atoms with Crippen LogP contribution in [0.3, 0.4) is 0 Å². The Balaban J connectivity index is 2.94. The normalized spacial score (nSPS) is 12.5. The summed E-state index contributed by atoms with van der Waals surface area (Å²) in [4.78, 5) is 10.4. The van der Waals surface area contributed by atoms with Gasteiger partial charge in [0.05, 0.1) is 12.1 Å². The largest absolute Gasteiger partial charge is 0.479 e. The molecule has 0 aromatic heterocycles. The van der Waals surface area contributed by atoms with Crippen molar-refractivity contribution >= 4 is 18.1 Å². The molecule has 0 amide bonds. The monoisotopic (exact) mass is 204 g/mol. The van der Waals surface area contributed by atoms with Gasteiger partial charge < -0.3 is 5.11 Å². The third kappa shape index (κ3) is 2.42. The number of hydrogen-bond acceptors (Lipinski definition) is 2. The smallest absolute Gasteiger partial charge is 0.343 e. The number of carboxylic acids is 1. The summed E-state index contributed by atoms with van der Waals surface area (Å²) >= 11 is -0.0475. The zero-order valence-corrected chi connectivity index (χ0v) is 7.22. The first kappa shape index (κ1) is 9.98. The van der Waals surface area contributed by atoms with E-state index in [0.29, 0.717) is 0 Å². The maximum atomic E-state index is 12.8. The number of alkyl halides is 1. The topological polar surface area (TPSA) is 37.3 Å². The number of carbonyl (C=O) groups is 1. The predicted molar refractivity (Wildman–Crippen MR) is 44.9 cm³/mol. The van der Waals surface area contributed by atoms with Crippen molar-refractivity contribution in [2.45, 2.75) is 11.1 Å². The van der Waals surface area contributed by atoms with E-state index in [-0.39, 0.29) is 22.6 Å². The highest BCUT2D eigenvalue weighted by molar-refractivity contribution is 7.94. The second-order valence-electron chi connectivity index (χ2n) is 2.35. The fourth-order valence-electron chi connectivity index (χ4n) is 0.863. The van der Waals surface area contributed by atoms with Gasteiger partial charge in [-0.3, -0.25) is 0 Å². The Morgan fingerprint density at radius 1 is 1.54 bits per heavy atom. The molecule has 1 N–H and O–H groups in total. The number of carboxylic acid groups (broad SMARTS) is 1. The van der Waals surface area contributed by atoms with E-state index in [1.165, 1.54) is 24.3 Å². The van der Waals surface area contributed by atoms with E-state index in [0.717, 1.165) is 0 Å². The molecule has 0 bridgehead atoms. The molecule has 1 unspecified atom stereocenters. The van der Waals surface area contributed by atoms with Gasteiger partial charge in [0.2, 0.25) is 6.17 Å². The van der Waals surface area contributed by atoms with Crippen molar-refractivity contribution in [3.63, 3.8) is 0 Å². The number of halogens is 2. The van der Waals surface area contributed by atoms with E-state index in [2.05, 4.69) is 0 Å². The highest BCUT2D eigenvalue weighted by Gasteiger charge is 2.18. The summed E-state index contributed by atoms with van der Waals surface area (Å²) in [6.45, 7) is 0. The van der Waals surface area contributed by atoms with Crippen LogP contribution in [0.2, 0.25) is 0 Å². The van der Waals surface area contributed by atoms with Crippen molar-refractivity contribution in [2.75, 3.05) is 0 Å². The second kappa shape index (κ2) is 4.23. The van der Waals surface area contributed by atoms with Crippen molar-refractivity contribution < 1.29 is 18.2 Å². The minimum Gasteiger partial charge on any atom is -0.479 e. The Hall–Kier alpha value is -1.10. The summed E-state index contributed by atoms with van der Waals surface area (Å²) in [5, 5.41) is 8.32. The molecule has 0 spiro atoms. The van der Waals surface area contributed by atoms with Crippen LogP contribution in [0.15, 0.2) is 29.2 Å². The Bertz CT molecular complexity index is 317. The number of aliphatic carboxylic acids is 1. The molecular weight excluding hydrogens is 198 g/mol. The molecule has 1 atom stereocenters. The average Bonchev–Trinajstić information content (AvgIpc) is 2.16. The van der Waals surface area contributed by atoms with Crippen LogP contribution < -0.4 is 0 Å². The Morgan fingerprint density at radius 2 is 2.23 bits per heavy atom. The van der Waals surface area contributed by atoms with E-state index in [1.807, 2.05) is 0 Å². The van der Waals surface area contributed by atoms with Gasteiger partial charge in [-0.1, -0.05) is 12.1 Å². The molecule has 2 nitrogen and oxygen atoms in total. The molecule has 0 aliphatic rings. The van der Waals surface area contributed by atoms with Crippen LogP contribution in [0.4, 0.5) is 8.28 Å². The zero-order valence-electron chi connectivity index (χ0n) is 6.41. The van der Waals surface area contributed by atoms with Gasteiger partial charge in [-0.2, -0.15) is 3.89 Å². The van der Waals surface area contributed by atoms with Crippen LogP contribution in [0.25, 0.3) is 0 Å². The second-order valence-corrected chi connectivity index (χ2v) is 2.98. The highest BCUT2D eigenvalue weighted by Crippen LogP contribution is 2.24. The van der Waals surface area contributed by atoms with Crippen LogP contribution in [-0.4, -0.2) is 11.1 Å². The van der Waals surface area contributed by atoms with Gasteiger partial charge in [0.1, 0.15) is 0 Å². The molecule has 13 heavy (non-hydrogen) atoms. The Kier molecular flexibility index (Phi) is 3.25. The van der Waals surface area contributed by atoms with Crippen molar-refractivity contribution in [3.8, 4) is 0 Å². The van der Waals surface area contributed by atoms with Crippen LogP contribution in [0.1, 0.15) is 11.7 Å². The van der Waals surface area contributed by atoms with Gasteiger partial charge in [-0.15, -0.1) is 0 Å². The first-order chi connectivity index (χ1) is 6.15. The average molecular weight is 204 g/mol. The third-order valence-electron chi connectivity index (χ3n) is 1.46. The maximum absolute atomic E-state index is 12.8. The minimum atomic E-state index is -2.09. The SMILES string of the molecule is O=C(O)C(F)c1cccc(SF)c1. The lowest BCUT2D eigenvalue weighted by molar-refractivity contribution is -0.143. The maximum Gasteiger partial charge on any atom is 0.343 e. The summed E-state index contributed by atoms with van der Waals surface area (Å²) in [5.41, 5.74) is -0.0462. The Morgan fingerprint density at radius 3 is 2.77 bits per heavy atom. The zero-order chi connectivity index (χ0) is 9.84. The van der Waals surface area contributed by atoms with Gasteiger partial charge in [0, 0.05) is 4.90 Å². The van der Waals surface area contributed by atoms with E-state index in [9.17, 15) is 13.1 Å². The molecule has 0 aliphatic heterocycles. The molecule has 1 aromatic rings. The molecule has 5 heteroatoms. The predicted octanol–water partition coefficient (Wildman–Crippen LogP) is 2.76. The lowest BCUT2D eigenvalue weighted by Crippen LogP contribution is -2.05. The number of hydrogen-bond donors (Lipinski definition) is 1. The van der Waals surface area contributed by atoms with Crippen molar-refractivity contribution in [2.24, 2.45) is 0 Å². The summed E-state index contributed by atoms with van der Waals surface area (Å²) in [5.74, 6) is -1.57. The fraction of sp³-hybridized carbons (Fsp3) is 0.125. The lowest BCUT2D eigenvalue weighted by atomic mass is 10.1. The molecule has 0 radical (unpaired) electrons. The molecule has 1 aromatic carbocycles. The molecule has 0 aliphatic carbocycles. The van der Waals surface area contributed by atoms with E-state index in [1.54, 1.807) is 0 Å². The summed E-state index contributed by atoms with van der Waals surface area (Å²) in [7, 11) is 0. The van der Waals surface area contributed by atoms with Crippen LogP contribution in [0.5, 0.6) is 0 Å². The summed E-state index contributed by atoms with van der Waals surface area (Å²) in [6.07, 6.45) is -2.09.